The van der Waals surface area contributed by atoms with Crippen LogP contribution in [0.2, 0.25) is 0 Å². The maximum atomic E-state index is 13.7. The van der Waals surface area contributed by atoms with Crippen molar-refractivity contribution in [1.82, 2.24) is 0 Å². The average Bonchev–Trinajstić information content (AvgIpc) is 2.66. The predicted octanol–water partition coefficient (Wildman–Crippen LogP) is 2.13. The Kier molecular flexibility index (Phi) is 5.67. The molecule has 0 aromatic carbocycles. The first-order valence-electron chi connectivity index (χ1n) is 10.9. The number of carbonyl (C=O) groups is 2. The fourth-order valence-corrected chi connectivity index (χ4v) is 6.74. The second kappa shape index (κ2) is 7.27. The number of Topliss-reactive ketones (excluding diaryl/α,β-unsaturated/α-hetero) is 1. The van der Waals surface area contributed by atoms with Gasteiger partial charge in [-0.3, -0.25) is 4.79 Å². The van der Waals surface area contributed by atoms with Gasteiger partial charge in [0.05, 0.1) is 24.4 Å². The van der Waals surface area contributed by atoms with Gasteiger partial charge in [-0.15, -0.1) is 6.58 Å². The highest BCUT2D eigenvalue weighted by atomic mass is 16.7. The van der Waals surface area contributed by atoms with E-state index < -0.39 is 63.8 Å². The highest BCUT2D eigenvalue weighted by molar-refractivity contribution is 5.92. The van der Waals surface area contributed by atoms with E-state index in [1.54, 1.807) is 20.8 Å². The lowest BCUT2D eigenvalue weighted by Crippen LogP contribution is -2.86. The molecular formula is C23H36O8. The monoisotopic (exact) mass is 440 g/mol. The second-order valence-corrected chi connectivity index (χ2v) is 10.6. The summed E-state index contributed by atoms with van der Waals surface area (Å²) in [4.78, 5) is 26.0. The number of aliphatic hydroxyl groups excluding tert-OH is 2. The minimum Gasteiger partial charge on any atom is -0.435 e. The summed E-state index contributed by atoms with van der Waals surface area (Å²) in [6.45, 7) is 14.0. The zero-order valence-electron chi connectivity index (χ0n) is 19.3. The Morgan fingerprint density at radius 1 is 1.26 bits per heavy atom. The topological polar surface area (TPSA) is 123 Å². The number of fused-ring (bicyclic) bond motifs is 3. The maximum absolute atomic E-state index is 13.7. The highest BCUT2D eigenvalue weighted by Crippen LogP contribution is 2.67. The van der Waals surface area contributed by atoms with E-state index >= 15 is 0 Å². The molecular weight excluding hydrogens is 404 g/mol. The lowest BCUT2D eigenvalue weighted by atomic mass is 9.40. The molecule has 8 heteroatoms. The molecule has 3 rings (SSSR count). The van der Waals surface area contributed by atoms with E-state index in [4.69, 9.17) is 14.2 Å². The van der Waals surface area contributed by atoms with Gasteiger partial charge in [0.25, 0.3) is 0 Å². The molecule has 1 aliphatic heterocycles. The summed E-state index contributed by atoms with van der Waals surface area (Å²) < 4.78 is 16.7. The Balaban J connectivity index is 2.28. The van der Waals surface area contributed by atoms with E-state index in [-0.39, 0.29) is 13.0 Å². The number of carbonyl (C=O) groups excluding carboxylic acids is 2. The molecule has 0 radical (unpaired) electrons. The lowest BCUT2D eigenvalue weighted by molar-refractivity contribution is -0.370. The lowest BCUT2D eigenvalue weighted by Gasteiger charge is -2.71. The van der Waals surface area contributed by atoms with Crippen LogP contribution in [0.4, 0.5) is 4.79 Å². The van der Waals surface area contributed by atoms with Gasteiger partial charge in [-0.05, 0) is 39.0 Å². The predicted molar refractivity (Wildman–Crippen MR) is 111 cm³/mol. The number of ether oxygens (including phenoxy) is 3. The van der Waals surface area contributed by atoms with Crippen molar-refractivity contribution in [3.8, 4) is 0 Å². The first-order valence-corrected chi connectivity index (χ1v) is 10.9. The van der Waals surface area contributed by atoms with Crippen LogP contribution in [-0.2, 0) is 19.0 Å². The highest BCUT2D eigenvalue weighted by Gasteiger charge is 2.81. The van der Waals surface area contributed by atoms with Gasteiger partial charge < -0.3 is 29.5 Å². The van der Waals surface area contributed by atoms with E-state index in [0.29, 0.717) is 12.8 Å². The number of hydrogen-bond donors (Lipinski definition) is 3. The summed E-state index contributed by atoms with van der Waals surface area (Å²) in [5.41, 5.74) is -7.28. The maximum Gasteiger partial charge on any atom is 0.508 e. The van der Waals surface area contributed by atoms with Crippen LogP contribution >= 0.6 is 0 Å². The van der Waals surface area contributed by atoms with Crippen LogP contribution in [0.15, 0.2) is 12.7 Å². The molecule has 3 aliphatic rings. The van der Waals surface area contributed by atoms with Crippen molar-refractivity contribution in [1.29, 1.82) is 0 Å². The largest absolute Gasteiger partial charge is 0.508 e. The Morgan fingerprint density at radius 2 is 1.87 bits per heavy atom. The molecule has 0 bridgehead atoms. The number of ketones is 1. The molecule has 8 atom stereocenters. The van der Waals surface area contributed by atoms with Gasteiger partial charge in [0, 0.05) is 17.8 Å². The molecule has 8 nitrogen and oxygen atoms in total. The van der Waals surface area contributed by atoms with Gasteiger partial charge in [-0.25, -0.2) is 4.79 Å². The first kappa shape index (κ1) is 24.2. The van der Waals surface area contributed by atoms with E-state index in [9.17, 15) is 24.9 Å². The molecule has 0 aromatic rings. The Hall–Kier alpha value is -1.48. The van der Waals surface area contributed by atoms with Crippen LogP contribution in [0.5, 0.6) is 0 Å². The fourth-order valence-electron chi connectivity index (χ4n) is 6.74. The van der Waals surface area contributed by atoms with Crippen LogP contribution in [0.3, 0.4) is 0 Å². The summed E-state index contributed by atoms with van der Waals surface area (Å²) in [6.07, 6.45) is -2.65. The van der Waals surface area contributed by atoms with Crippen molar-refractivity contribution in [2.75, 3.05) is 6.61 Å². The minimum absolute atomic E-state index is 0.0537. The molecule has 1 heterocycles. The van der Waals surface area contributed by atoms with Crippen molar-refractivity contribution < 1.29 is 39.1 Å². The molecule has 2 saturated carbocycles. The third-order valence-electron chi connectivity index (χ3n) is 8.21. The van der Waals surface area contributed by atoms with Gasteiger partial charge >= 0.3 is 6.16 Å². The van der Waals surface area contributed by atoms with Gasteiger partial charge in [0.1, 0.15) is 5.60 Å². The molecule has 0 aromatic heterocycles. The number of aliphatic hydroxyl groups is 3. The van der Waals surface area contributed by atoms with Crippen molar-refractivity contribution in [2.45, 2.75) is 95.9 Å². The van der Waals surface area contributed by atoms with Crippen LogP contribution in [0.25, 0.3) is 0 Å². The van der Waals surface area contributed by atoms with E-state index in [1.807, 2.05) is 13.8 Å². The molecule has 31 heavy (non-hydrogen) atoms. The zero-order valence-corrected chi connectivity index (χ0v) is 19.3. The summed E-state index contributed by atoms with van der Waals surface area (Å²) in [5, 5.41) is 35.0. The van der Waals surface area contributed by atoms with Gasteiger partial charge in [-0.2, -0.15) is 0 Å². The van der Waals surface area contributed by atoms with Gasteiger partial charge in [-0.1, -0.05) is 26.8 Å². The minimum atomic E-state index is -2.24. The number of hydrogen-bond acceptors (Lipinski definition) is 8. The molecule has 3 fully saturated rings. The second-order valence-electron chi connectivity index (χ2n) is 10.6. The van der Waals surface area contributed by atoms with E-state index in [2.05, 4.69) is 6.58 Å². The van der Waals surface area contributed by atoms with E-state index in [0.717, 1.165) is 0 Å². The van der Waals surface area contributed by atoms with Crippen molar-refractivity contribution >= 4 is 11.9 Å². The first-order chi connectivity index (χ1) is 14.1. The Labute approximate surface area is 183 Å². The third-order valence-corrected chi connectivity index (χ3v) is 8.21. The Morgan fingerprint density at radius 3 is 2.42 bits per heavy atom. The van der Waals surface area contributed by atoms with Gasteiger partial charge in [0.15, 0.2) is 17.5 Å². The van der Waals surface area contributed by atoms with Crippen LogP contribution < -0.4 is 0 Å². The Bertz CT molecular complexity index is 780. The summed E-state index contributed by atoms with van der Waals surface area (Å²) >= 11 is 0. The van der Waals surface area contributed by atoms with Crippen molar-refractivity contribution in [3.05, 3.63) is 12.7 Å². The molecule has 0 amide bonds. The molecule has 176 valence electrons. The summed E-state index contributed by atoms with van der Waals surface area (Å²) in [7, 11) is 0. The molecule has 0 spiro atoms. The van der Waals surface area contributed by atoms with Crippen molar-refractivity contribution in [2.24, 2.45) is 16.7 Å². The third kappa shape index (κ3) is 3.02. The van der Waals surface area contributed by atoms with Crippen molar-refractivity contribution in [3.63, 3.8) is 0 Å². The summed E-state index contributed by atoms with van der Waals surface area (Å²) in [5.74, 6) is -1.31. The van der Waals surface area contributed by atoms with Crippen LogP contribution in [-0.4, -0.2) is 69.0 Å². The van der Waals surface area contributed by atoms with E-state index in [1.165, 1.54) is 13.0 Å². The standard InChI is InChI=1S/C23H36O8/c1-8-20(5)12-14(25)23(28)21(6)13(24)10-11-19(3,4)16(21)15(26)17(22(23,7)31-20)30-18(27)29-9-2/h8,13,15-17,24,26,28H,1,9-12H2,2-7H3/t13-,15?,16?,17?,20-,21?,22+,23-/m0/s1. The molecule has 2 aliphatic carbocycles. The fraction of sp³-hybridized carbons (Fsp3) is 0.826. The molecule has 3 N–H and O–H groups in total. The van der Waals surface area contributed by atoms with Crippen LogP contribution in [0.1, 0.15) is 60.8 Å². The quantitative estimate of drug-likeness (QED) is 0.451. The smallest absolute Gasteiger partial charge is 0.435 e. The zero-order chi connectivity index (χ0) is 23.6. The average molecular weight is 441 g/mol. The van der Waals surface area contributed by atoms with Crippen LogP contribution in [0, 0.1) is 16.7 Å². The normalized spacial score (nSPS) is 48.9. The number of rotatable bonds is 3. The molecule has 1 saturated heterocycles. The summed E-state index contributed by atoms with van der Waals surface area (Å²) in [6, 6.07) is 0. The SMILES string of the molecule is C=C[C@@]1(C)CC(=O)[C@]2(O)C3(C)C(C(O)C(OC(=O)OCC)[C@@]2(C)O1)C(C)(C)CC[C@@H]3O. The van der Waals surface area contributed by atoms with Gasteiger partial charge in [0.2, 0.25) is 0 Å². The molecule has 4 unspecified atom stereocenters.